The first kappa shape index (κ1) is 35.6. The minimum Gasteiger partial charge on any atom is -0.310 e. The summed E-state index contributed by atoms with van der Waals surface area (Å²) in [6, 6.07) is 86.1. The fraction of sp³-hybridized carbons (Fsp3) is 0. The summed E-state index contributed by atoms with van der Waals surface area (Å²) in [5, 5.41) is 5.14. The van der Waals surface area contributed by atoms with Crippen molar-refractivity contribution in [3.8, 4) is 55.6 Å². The molecule has 60 heavy (non-hydrogen) atoms. The highest BCUT2D eigenvalue weighted by atomic mass is 32.1. The van der Waals surface area contributed by atoms with Gasteiger partial charge in [-0.2, -0.15) is 0 Å². The summed E-state index contributed by atoms with van der Waals surface area (Å²) in [6.45, 7) is 0. The molecule has 0 amide bonds. The molecule has 1 nitrogen and oxygen atoms in total. The summed E-state index contributed by atoms with van der Waals surface area (Å²) in [4.78, 5) is 2.42. The van der Waals surface area contributed by atoms with Crippen LogP contribution in [-0.2, 0) is 0 Å². The summed E-state index contributed by atoms with van der Waals surface area (Å²) in [6.07, 6.45) is 0. The fourth-order valence-electron chi connectivity index (χ4n) is 8.84. The zero-order valence-electron chi connectivity index (χ0n) is 32.9. The van der Waals surface area contributed by atoms with E-state index < -0.39 is 0 Å². The third kappa shape index (κ3) is 6.44. The second kappa shape index (κ2) is 15.3. The van der Waals surface area contributed by atoms with Crippen LogP contribution in [0.2, 0.25) is 0 Å². The van der Waals surface area contributed by atoms with E-state index in [2.05, 4.69) is 241 Å². The van der Waals surface area contributed by atoms with Crippen LogP contribution in [0.1, 0.15) is 0 Å². The van der Waals surface area contributed by atoms with E-state index in [4.69, 9.17) is 0 Å². The Morgan fingerprint density at radius 1 is 0.267 bits per heavy atom. The Balaban J connectivity index is 1.05. The van der Waals surface area contributed by atoms with E-state index in [0.717, 1.165) is 22.6 Å². The average Bonchev–Trinajstić information content (AvgIpc) is 3.70. The highest BCUT2D eigenvalue weighted by molar-refractivity contribution is 7.25. The average molecular weight is 782 g/mol. The lowest BCUT2D eigenvalue weighted by molar-refractivity contribution is 1.28. The standard InChI is InChI=1S/C58H39NS/c1-2-15-41(16-3-1)49-20-6-7-21-50(49)51-22-8-9-23-52(51)53-24-10-12-27-56(53)59(46-36-31-43(32-37-46)48-26-14-18-42-17-4-5-19-47(42)48)45-34-29-40(30-35-45)44-33-38-55-54-25-11-13-28-57(54)60-58(55)39-44/h1-39H. The molecule has 0 radical (unpaired) electrons. The Morgan fingerprint density at radius 2 is 0.750 bits per heavy atom. The van der Waals surface area contributed by atoms with Crippen LogP contribution in [0.15, 0.2) is 237 Å². The van der Waals surface area contributed by atoms with Crippen molar-refractivity contribution in [3.05, 3.63) is 237 Å². The normalized spacial score (nSPS) is 11.3. The van der Waals surface area contributed by atoms with E-state index in [0.29, 0.717) is 0 Å². The van der Waals surface area contributed by atoms with Crippen LogP contribution in [0, 0.1) is 0 Å². The van der Waals surface area contributed by atoms with Crippen LogP contribution in [-0.4, -0.2) is 0 Å². The maximum Gasteiger partial charge on any atom is 0.0540 e. The van der Waals surface area contributed by atoms with Crippen molar-refractivity contribution >= 4 is 59.3 Å². The minimum absolute atomic E-state index is 1.09. The van der Waals surface area contributed by atoms with Crippen molar-refractivity contribution in [1.29, 1.82) is 0 Å². The number of anilines is 3. The quantitative estimate of drug-likeness (QED) is 0.148. The molecule has 11 aromatic rings. The first-order valence-electron chi connectivity index (χ1n) is 20.5. The molecule has 0 N–H and O–H groups in total. The zero-order valence-corrected chi connectivity index (χ0v) is 33.7. The highest BCUT2D eigenvalue weighted by Crippen LogP contribution is 2.46. The molecule has 10 aromatic carbocycles. The smallest absolute Gasteiger partial charge is 0.0540 e. The first-order chi connectivity index (χ1) is 29.8. The van der Waals surface area contributed by atoms with Crippen LogP contribution >= 0.6 is 11.3 Å². The van der Waals surface area contributed by atoms with Crippen LogP contribution in [0.3, 0.4) is 0 Å². The van der Waals surface area contributed by atoms with Gasteiger partial charge in [0.25, 0.3) is 0 Å². The maximum atomic E-state index is 2.42. The van der Waals surface area contributed by atoms with Gasteiger partial charge in [-0.1, -0.05) is 194 Å². The second-order valence-corrected chi connectivity index (χ2v) is 16.3. The molecule has 282 valence electrons. The number of fused-ring (bicyclic) bond motifs is 4. The van der Waals surface area contributed by atoms with E-state index in [1.807, 2.05) is 11.3 Å². The fourth-order valence-corrected chi connectivity index (χ4v) is 9.98. The third-order valence-electron chi connectivity index (χ3n) is 11.7. The highest BCUT2D eigenvalue weighted by Gasteiger charge is 2.21. The van der Waals surface area contributed by atoms with Crippen molar-refractivity contribution < 1.29 is 0 Å². The molecule has 0 aliphatic heterocycles. The van der Waals surface area contributed by atoms with Crippen LogP contribution in [0.5, 0.6) is 0 Å². The van der Waals surface area contributed by atoms with Gasteiger partial charge in [-0.15, -0.1) is 11.3 Å². The van der Waals surface area contributed by atoms with Gasteiger partial charge in [-0.25, -0.2) is 0 Å². The van der Waals surface area contributed by atoms with E-state index in [9.17, 15) is 0 Å². The Labute approximate surface area is 354 Å². The van der Waals surface area contributed by atoms with Crippen molar-refractivity contribution in [2.75, 3.05) is 4.90 Å². The Hall–Kier alpha value is -7.52. The van der Waals surface area contributed by atoms with Gasteiger partial charge in [0.15, 0.2) is 0 Å². The van der Waals surface area contributed by atoms with E-state index >= 15 is 0 Å². The number of nitrogens with zero attached hydrogens (tertiary/aromatic N) is 1. The number of rotatable bonds is 8. The predicted octanol–water partition coefficient (Wildman–Crippen LogP) is 17.0. The van der Waals surface area contributed by atoms with Crippen LogP contribution in [0.4, 0.5) is 17.1 Å². The predicted molar refractivity (Wildman–Crippen MR) is 259 cm³/mol. The molecule has 1 aromatic heterocycles. The molecular formula is C58H39NS. The SMILES string of the molecule is c1ccc(-c2ccccc2-c2ccccc2-c2ccccc2N(c2ccc(-c3ccc4c(c3)sc3ccccc34)cc2)c2ccc(-c3cccc4ccccc34)cc2)cc1. The third-order valence-corrected chi connectivity index (χ3v) is 12.9. The van der Waals surface area contributed by atoms with Crippen molar-refractivity contribution in [1.82, 2.24) is 0 Å². The monoisotopic (exact) mass is 781 g/mol. The molecule has 0 saturated carbocycles. The molecule has 0 fully saturated rings. The van der Waals surface area contributed by atoms with Gasteiger partial charge in [-0.05, 0) is 103 Å². The van der Waals surface area contributed by atoms with Gasteiger partial charge in [-0.3, -0.25) is 0 Å². The molecule has 0 atom stereocenters. The Morgan fingerprint density at radius 3 is 1.50 bits per heavy atom. The van der Waals surface area contributed by atoms with Gasteiger partial charge in [0, 0.05) is 37.1 Å². The number of para-hydroxylation sites is 1. The molecule has 11 rings (SSSR count). The lowest BCUT2D eigenvalue weighted by Gasteiger charge is -2.29. The van der Waals surface area contributed by atoms with Crippen LogP contribution in [0.25, 0.3) is 86.6 Å². The van der Waals surface area contributed by atoms with Crippen LogP contribution < -0.4 is 4.90 Å². The lowest BCUT2D eigenvalue weighted by Crippen LogP contribution is -2.11. The van der Waals surface area contributed by atoms with Gasteiger partial charge in [0.2, 0.25) is 0 Å². The molecule has 1 heterocycles. The molecule has 0 bridgehead atoms. The maximum absolute atomic E-state index is 2.42. The Bertz CT molecular complexity index is 3300. The molecular weight excluding hydrogens is 743 g/mol. The van der Waals surface area contributed by atoms with Crippen molar-refractivity contribution in [2.45, 2.75) is 0 Å². The molecule has 0 unspecified atom stereocenters. The summed E-state index contributed by atoms with van der Waals surface area (Å²) >= 11 is 1.86. The molecule has 2 heteroatoms. The number of hydrogen-bond donors (Lipinski definition) is 0. The van der Waals surface area contributed by atoms with Gasteiger partial charge >= 0.3 is 0 Å². The molecule has 0 aliphatic rings. The van der Waals surface area contributed by atoms with Gasteiger partial charge in [0.1, 0.15) is 0 Å². The summed E-state index contributed by atoms with van der Waals surface area (Å²) in [5.74, 6) is 0. The molecule has 0 spiro atoms. The van der Waals surface area contributed by atoms with E-state index in [-0.39, 0.29) is 0 Å². The first-order valence-corrected chi connectivity index (χ1v) is 21.3. The van der Waals surface area contributed by atoms with Gasteiger partial charge in [0.05, 0.1) is 5.69 Å². The van der Waals surface area contributed by atoms with Crippen molar-refractivity contribution in [2.24, 2.45) is 0 Å². The van der Waals surface area contributed by atoms with Gasteiger partial charge < -0.3 is 4.90 Å². The van der Waals surface area contributed by atoms with E-state index in [1.54, 1.807) is 0 Å². The molecule has 0 saturated heterocycles. The largest absolute Gasteiger partial charge is 0.310 e. The molecule has 0 aliphatic carbocycles. The minimum atomic E-state index is 1.09. The zero-order chi connectivity index (χ0) is 39.8. The second-order valence-electron chi connectivity index (χ2n) is 15.2. The summed E-state index contributed by atoms with van der Waals surface area (Å²) in [5.41, 5.74) is 15.3. The summed E-state index contributed by atoms with van der Waals surface area (Å²) in [7, 11) is 0. The number of hydrogen-bond acceptors (Lipinski definition) is 2. The lowest BCUT2D eigenvalue weighted by atomic mass is 9.88. The Kier molecular flexibility index (Phi) is 9.11. The van der Waals surface area contributed by atoms with E-state index in [1.165, 1.54) is 81.0 Å². The van der Waals surface area contributed by atoms with Crippen molar-refractivity contribution in [3.63, 3.8) is 0 Å². The summed E-state index contributed by atoms with van der Waals surface area (Å²) < 4.78 is 2.64. The number of thiophene rings is 1. The topological polar surface area (TPSA) is 3.24 Å². The number of benzene rings is 10.